The van der Waals surface area contributed by atoms with Crippen molar-refractivity contribution in [3.8, 4) is 0 Å². The number of sulfonamides is 1. The first-order valence-corrected chi connectivity index (χ1v) is 13.6. The molecule has 0 bridgehead atoms. The van der Waals surface area contributed by atoms with Crippen molar-refractivity contribution in [2.24, 2.45) is 0 Å². The zero-order chi connectivity index (χ0) is 25.3. The van der Waals surface area contributed by atoms with Crippen LogP contribution in [0.4, 0.5) is 0 Å². The Hall–Kier alpha value is -2.23. The monoisotopic (exact) mass is 551 g/mol. The average Bonchev–Trinajstić information content (AvgIpc) is 2.83. The quantitative estimate of drug-likeness (QED) is 0.428. The predicted molar refractivity (Wildman–Crippen MR) is 138 cm³/mol. The summed E-state index contributed by atoms with van der Waals surface area (Å²) in [6.07, 6.45) is 1.27. The van der Waals surface area contributed by atoms with Gasteiger partial charge >= 0.3 is 0 Å². The lowest BCUT2D eigenvalue weighted by Crippen LogP contribution is -2.49. The summed E-state index contributed by atoms with van der Waals surface area (Å²) in [5, 5.41) is 2.94. The van der Waals surface area contributed by atoms with Gasteiger partial charge in [0.05, 0.1) is 4.90 Å². The van der Waals surface area contributed by atoms with Crippen LogP contribution < -0.4 is 5.32 Å². The molecule has 0 aliphatic rings. The van der Waals surface area contributed by atoms with Crippen molar-refractivity contribution in [1.29, 1.82) is 0 Å². The van der Waals surface area contributed by atoms with Crippen molar-refractivity contribution in [2.45, 2.75) is 63.6 Å². The first-order chi connectivity index (χ1) is 16.1. The number of nitrogens with one attached hydrogen (secondary N) is 1. The standard InChI is InChI=1S/C25H34BrN3O4S/c1-5-19(2)27-25(31)20(3)29(18-21-13-15-22(26)16-14-21)24(30)12-9-17-28(4)34(32,33)23-10-7-6-8-11-23/h6-8,10-11,13-16,19-20H,5,9,12,17-18H2,1-4H3,(H,27,31)/t19-,20-/m1/s1. The van der Waals surface area contributed by atoms with Crippen LogP contribution in [0.15, 0.2) is 64.0 Å². The topological polar surface area (TPSA) is 86.8 Å². The maximum Gasteiger partial charge on any atom is 0.242 e. The first-order valence-electron chi connectivity index (χ1n) is 11.4. The molecule has 2 amide bonds. The number of amides is 2. The van der Waals surface area contributed by atoms with E-state index < -0.39 is 16.1 Å². The lowest BCUT2D eigenvalue weighted by atomic mass is 10.1. The molecule has 0 spiro atoms. The molecule has 0 fully saturated rings. The molecule has 0 saturated heterocycles. The summed E-state index contributed by atoms with van der Waals surface area (Å²) in [6.45, 7) is 6.12. The number of halogens is 1. The van der Waals surface area contributed by atoms with E-state index in [-0.39, 0.29) is 35.7 Å². The number of nitrogens with zero attached hydrogens (tertiary/aromatic N) is 2. The number of carbonyl (C=O) groups is 2. The van der Waals surface area contributed by atoms with Crippen molar-refractivity contribution in [1.82, 2.24) is 14.5 Å². The van der Waals surface area contributed by atoms with Crippen molar-refractivity contribution in [2.75, 3.05) is 13.6 Å². The van der Waals surface area contributed by atoms with E-state index in [4.69, 9.17) is 0 Å². The molecule has 0 unspecified atom stereocenters. The van der Waals surface area contributed by atoms with Crippen molar-refractivity contribution >= 4 is 37.8 Å². The van der Waals surface area contributed by atoms with Crippen molar-refractivity contribution in [3.05, 3.63) is 64.6 Å². The molecule has 7 nitrogen and oxygen atoms in total. The Morgan fingerprint density at radius 2 is 1.65 bits per heavy atom. The molecular formula is C25H34BrN3O4S. The van der Waals surface area contributed by atoms with Crippen LogP contribution in [0.2, 0.25) is 0 Å². The van der Waals surface area contributed by atoms with Crippen LogP contribution in [0.5, 0.6) is 0 Å². The van der Waals surface area contributed by atoms with E-state index in [0.29, 0.717) is 13.0 Å². The molecule has 0 aliphatic carbocycles. The number of benzene rings is 2. The van der Waals surface area contributed by atoms with Crippen molar-refractivity contribution in [3.63, 3.8) is 0 Å². The molecule has 0 aromatic heterocycles. The third kappa shape index (κ3) is 7.92. The minimum Gasteiger partial charge on any atom is -0.352 e. The van der Waals surface area contributed by atoms with E-state index in [1.54, 1.807) is 42.2 Å². The Kier molecular flexibility index (Phi) is 10.7. The Morgan fingerprint density at radius 1 is 1.03 bits per heavy atom. The molecule has 34 heavy (non-hydrogen) atoms. The van der Waals surface area contributed by atoms with Crippen LogP contribution in [0, 0.1) is 0 Å². The van der Waals surface area contributed by atoms with E-state index in [0.717, 1.165) is 16.5 Å². The zero-order valence-electron chi connectivity index (χ0n) is 20.2. The predicted octanol–water partition coefficient (Wildman–Crippen LogP) is 4.18. The molecule has 2 aromatic rings. The van der Waals surface area contributed by atoms with Crippen LogP contribution in [0.3, 0.4) is 0 Å². The summed E-state index contributed by atoms with van der Waals surface area (Å²) in [6, 6.07) is 15.2. The third-order valence-corrected chi connectivity index (χ3v) is 8.15. The van der Waals surface area contributed by atoms with E-state index in [1.807, 2.05) is 38.1 Å². The molecule has 2 aromatic carbocycles. The highest BCUT2D eigenvalue weighted by Crippen LogP contribution is 2.17. The molecule has 0 aliphatic heterocycles. The fraction of sp³-hybridized carbons (Fsp3) is 0.440. The van der Waals surface area contributed by atoms with E-state index in [1.165, 1.54) is 11.4 Å². The smallest absolute Gasteiger partial charge is 0.242 e. The van der Waals surface area contributed by atoms with Gasteiger partial charge in [-0.3, -0.25) is 9.59 Å². The van der Waals surface area contributed by atoms with E-state index >= 15 is 0 Å². The first kappa shape index (κ1) is 28.0. The highest BCUT2D eigenvalue weighted by molar-refractivity contribution is 9.10. The summed E-state index contributed by atoms with van der Waals surface area (Å²) in [7, 11) is -2.11. The van der Waals surface area contributed by atoms with Gasteiger partial charge in [-0.15, -0.1) is 0 Å². The summed E-state index contributed by atoms with van der Waals surface area (Å²) in [5.74, 6) is -0.399. The SMILES string of the molecule is CC[C@@H](C)NC(=O)[C@@H](C)N(Cc1ccc(Br)cc1)C(=O)CCCN(C)S(=O)(=O)c1ccccc1. The van der Waals surface area contributed by atoms with Crippen LogP contribution in [-0.4, -0.2) is 55.1 Å². The molecular weight excluding hydrogens is 518 g/mol. The second kappa shape index (κ2) is 13.0. The van der Waals surface area contributed by atoms with Crippen LogP contribution in [0.25, 0.3) is 0 Å². The van der Waals surface area contributed by atoms with Crippen LogP contribution in [0.1, 0.15) is 45.6 Å². The minimum atomic E-state index is -3.62. The Balaban J connectivity index is 2.08. The summed E-state index contributed by atoms with van der Waals surface area (Å²) < 4.78 is 27.6. The van der Waals surface area contributed by atoms with Crippen LogP contribution >= 0.6 is 15.9 Å². The van der Waals surface area contributed by atoms with Crippen LogP contribution in [-0.2, 0) is 26.2 Å². The lowest BCUT2D eigenvalue weighted by molar-refractivity contribution is -0.141. The molecule has 0 radical (unpaired) electrons. The van der Waals surface area contributed by atoms with Gasteiger partial charge in [0.25, 0.3) is 0 Å². The summed E-state index contributed by atoms with van der Waals surface area (Å²) in [4.78, 5) is 27.7. The Labute approximate surface area is 211 Å². The Bertz CT molecular complexity index is 1050. The molecule has 186 valence electrons. The maximum atomic E-state index is 13.2. The van der Waals surface area contributed by atoms with Gasteiger partial charge in [-0.05, 0) is 56.5 Å². The largest absolute Gasteiger partial charge is 0.352 e. The molecule has 0 saturated carbocycles. The van der Waals surface area contributed by atoms with Gasteiger partial charge in [0.1, 0.15) is 6.04 Å². The van der Waals surface area contributed by atoms with E-state index in [2.05, 4.69) is 21.2 Å². The molecule has 0 heterocycles. The molecule has 2 rings (SSSR count). The highest BCUT2D eigenvalue weighted by Gasteiger charge is 2.27. The third-order valence-electron chi connectivity index (χ3n) is 5.75. The summed E-state index contributed by atoms with van der Waals surface area (Å²) >= 11 is 3.41. The van der Waals surface area contributed by atoms with Gasteiger partial charge in [-0.2, -0.15) is 0 Å². The summed E-state index contributed by atoms with van der Waals surface area (Å²) in [5.41, 5.74) is 0.906. The number of carbonyl (C=O) groups excluding carboxylic acids is 2. The highest BCUT2D eigenvalue weighted by atomic mass is 79.9. The van der Waals surface area contributed by atoms with Gasteiger partial charge in [-0.1, -0.05) is 53.2 Å². The van der Waals surface area contributed by atoms with Gasteiger partial charge in [0.15, 0.2) is 0 Å². The van der Waals surface area contributed by atoms with Gasteiger partial charge in [0, 0.05) is 37.1 Å². The number of rotatable bonds is 12. The normalized spacial score (nSPS) is 13.4. The number of hydrogen-bond donors (Lipinski definition) is 1. The second-order valence-corrected chi connectivity index (χ2v) is 11.3. The maximum absolute atomic E-state index is 13.2. The lowest BCUT2D eigenvalue weighted by Gasteiger charge is -2.30. The average molecular weight is 553 g/mol. The fourth-order valence-corrected chi connectivity index (χ4v) is 4.82. The molecule has 2 atom stereocenters. The Morgan fingerprint density at radius 3 is 2.24 bits per heavy atom. The van der Waals surface area contributed by atoms with Gasteiger partial charge < -0.3 is 10.2 Å². The number of hydrogen-bond acceptors (Lipinski definition) is 4. The fourth-order valence-electron chi connectivity index (χ4n) is 3.32. The molecule has 1 N–H and O–H groups in total. The van der Waals surface area contributed by atoms with Gasteiger partial charge in [0.2, 0.25) is 21.8 Å². The molecule has 9 heteroatoms. The van der Waals surface area contributed by atoms with Crippen molar-refractivity contribution < 1.29 is 18.0 Å². The van der Waals surface area contributed by atoms with Gasteiger partial charge in [-0.25, -0.2) is 12.7 Å². The van der Waals surface area contributed by atoms with E-state index in [9.17, 15) is 18.0 Å². The minimum absolute atomic E-state index is 0.0106. The second-order valence-electron chi connectivity index (χ2n) is 8.39. The zero-order valence-corrected chi connectivity index (χ0v) is 22.6.